The third kappa shape index (κ3) is 3.02. The van der Waals surface area contributed by atoms with Crippen LogP contribution in [0.3, 0.4) is 0 Å². The summed E-state index contributed by atoms with van der Waals surface area (Å²) in [5.74, 6) is 0.117. The van der Waals surface area contributed by atoms with Gasteiger partial charge < -0.3 is 9.64 Å². The van der Waals surface area contributed by atoms with Gasteiger partial charge in [0.15, 0.2) is 0 Å². The number of amides is 1. The van der Waals surface area contributed by atoms with Crippen LogP contribution in [0.1, 0.15) is 30.2 Å². The molecule has 5 heteroatoms. The molecule has 0 aromatic carbocycles. The van der Waals surface area contributed by atoms with Gasteiger partial charge in [-0.05, 0) is 23.8 Å². The van der Waals surface area contributed by atoms with Gasteiger partial charge in [0, 0.05) is 11.4 Å². The normalized spacial score (nSPS) is 24.1. The lowest BCUT2D eigenvalue weighted by molar-refractivity contribution is -0.141. The maximum Gasteiger partial charge on any atom is 0.240 e. The minimum Gasteiger partial charge on any atom is -0.369 e. The molecule has 20 heavy (non-hydrogen) atoms. The maximum atomic E-state index is 12.5. The first-order chi connectivity index (χ1) is 9.78. The summed E-state index contributed by atoms with van der Waals surface area (Å²) in [5.41, 5.74) is 0. The van der Waals surface area contributed by atoms with Gasteiger partial charge in [0.25, 0.3) is 0 Å². The Balaban J connectivity index is 1.63. The van der Waals surface area contributed by atoms with E-state index >= 15 is 0 Å². The Kier molecular flexibility index (Phi) is 4.04. The molecule has 3 rings (SSSR count). The predicted molar refractivity (Wildman–Crippen MR) is 76.0 cm³/mol. The molecule has 1 aromatic rings. The van der Waals surface area contributed by atoms with Gasteiger partial charge in [-0.2, -0.15) is 5.26 Å². The van der Waals surface area contributed by atoms with E-state index in [1.807, 2.05) is 22.4 Å². The van der Waals surface area contributed by atoms with Gasteiger partial charge in [0.2, 0.25) is 5.91 Å². The monoisotopic (exact) mass is 290 g/mol. The first-order valence-electron chi connectivity index (χ1n) is 7.11. The van der Waals surface area contributed by atoms with E-state index in [1.54, 1.807) is 11.3 Å². The molecule has 0 radical (unpaired) electrons. The van der Waals surface area contributed by atoms with Crippen molar-refractivity contribution in [2.45, 2.75) is 25.4 Å². The predicted octanol–water partition coefficient (Wildman–Crippen LogP) is 2.59. The fraction of sp³-hybridized carbons (Fsp3) is 0.600. The second-order valence-electron chi connectivity index (χ2n) is 5.52. The second kappa shape index (κ2) is 5.94. The smallest absolute Gasteiger partial charge is 0.240 e. The highest BCUT2D eigenvalue weighted by atomic mass is 32.1. The summed E-state index contributed by atoms with van der Waals surface area (Å²) in [6, 6.07) is 6.22. The fourth-order valence-corrected chi connectivity index (χ4v) is 3.38. The minimum atomic E-state index is -0.468. The van der Waals surface area contributed by atoms with Gasteiger partial charge in [-0.15, -0.1) is 11.3 Å². The van der Waals surface area contributed by atoms with Crippen molar-refractivity contribution >= 4 is 17.2 Å². The minimum absolute atomic E-state index is 0.00995. The van der Waals surface area contributed by atoms with Crippen LogP contribution >= 0.6 is 11.3 Å². The average molecular weight is 290 g/mol. The lowest BCUT2D eigenvalue weighted by atomic mass is 10.0. The number of nitrogens with zero attached hydrogens (tertiary/aromatic N) is 2. The Bertz CT molecular complexity index is 504. The fourth-order valence-electron chi connectivity index (χ4n) is 2.61. The van der Waals surface area contributed by atoms with Crippen molar-refractivity contribution in [1.82, 2.24) is 4.90 Å². The molecule has 1 saturated carbocycles. The van der Waals surface area contributed by atoms with Crippen molar-refractivity contribution in [1.29, 1.82) is 5.26 Å². The molecule has 1 aliphatic carbocycles. The highest BCUT2D eigenvalue weighted by molar-refractivity contribution is 7.10. The molecule has 1 aromatic heterocycles. The number of ether oxygens (including phenoxy) is 1. The lowest BCUT2D eigenvalue weighted by Gasteiger charge is -2.33. The van der Waals surface area contributed by atoms with Crippen molar-refractivity contribution in [3.63, 3.8) is 0 Å². The molecular formula is C15H18N2O2S. The highest BCUT2D eigenvalue weighted by Gasteiger charge is 2.34. The van der Waals surface area contributed by atoms with Crippen LogP contribution in [-0.4, -0.2) is 30.5 Å². The van der Waals surface area contributed by atoms with Crippen LogP contribution in [0.2, 0.25) is 0 Å². The molecule has 4 nitrogen and oxygen atoms in total. The van der Waals surface area contributed by atoms with Gasteiger partial charge in [-0.25, -0.2) is 0 Å². The SMILES string of the molecule is N#C[C@H](CC1CC1)C(=O)N1CCO[C@@H](c2cccs2)C1. The number of morpholine rings is 1. The first-order valence-corrected chi connectivity index (χ1v) is 7.99. The Morgan fingerprint density at radius 3 is 3.10 bits per heavy atom. The molecule has 2 atom stereocenters. The van der Waals surface area contributed by atoms with E-state index in [-0.39, 0.29) is 12.0 Å². The molecule has 0 bridgehead atoms. The molecule has 1 amide bonds. The Morgan fingerprint density at radius 1 is 1.60 bits per heavy atom. The van der Waals surface area contributed by atoms with E-state index in [4.69, 9.17) is 4.74 Å². The second-order valence-corrected chi connectivity index (χ2v) is 6.50. The molecule has 1 aliphatic heterocycles. The number of carbonyl (C=O) groups excluding carboxylic acids is 1. The van der Waals surface area contributed by atoms with Crippen LogP contribution in [0.25, 0.3) is 0 Å². The van der Waals surface area contributed by atoms with Crippen LogP contribution < -0.4 is 0 Å². The lowest BCUT2D eigenvalue weighted by Crippen LogP contribution is -2.44. The van der Waals surface area contributed by atoms with Gasteiger partial charge in [-0.3, -0.25) is 4.79 Å². The molecule has 2 fully saturated rings. The number of hydrogen-bond donors (Lipinski definition) is 0. The van der Waals surface area contributed by atoms with E-state index in [9.17, 15) is 10.1 Å². The van der Waals surface area contributed by atoms with E-state index in [0.29, 0.717) is 25.6 Å². The average Bonchev–Trinajstić information content (AvgIpc) is 3.14. The van der Waals surface area contributed by atoms with Gasteiger partial charge in [0.1, 0.15) is 12.0 Å². The van der Waals surface area contributed by atoms with Crippen LogP contribution in [-0.2, 0) is 9.53 Å². The molecule has 0 spiro atoms. The standard InChI is InChI=1S/C15H18N2O2S/c16-9-12(8-11-3-4-11)15(18)17-5-6-19-13(10-17)14-2-1-7-20-14/h1-2,7,11-13H,3-6,8,10H2/t12-,13+/m0/s1. The van der Waals surface area contributed by atoms with Crippen molar-refractivity contribution in [3.05, 3.63) is 22.4 Å². The summed E-state index contributed by atoms with van der Waals surface area (Å²) in [6.07, 6.45) is 3.04. The molecule has 0 N–H and O–H groups in total. The maximum absolute atomic E-state index is 12.5. The van der Waals surface area contributed by atoms with Gasteiger partial charge >= 0.3 is 0 Å². The summed E-state index contributed by atoms with van der Waals surface area (Å²) in [7, 11) is 0. The Hall–Kier alpha value is -1.38. The third-order valence-corrected chi connectivity index (χ3v) is 4.92. The van der Waals surface area contributed by atoms with Crippen LogP contribution in [0, 0.1) is 23.2 Å². The zero-order valence-electron chi connectivity index (χ0n) is 11.3. The summed E-state index contributed by atoms with van der Waals surface area (Å²) in [6.45, 7) is 1.72. The van der Waals surface area contributed by atoms with E-state index in [2.05, 4.69) is 6.07 Å². The molecule has 106 valence electrons. The topological polar surface area (TPSA) is 53.3 Å². The molecule has 0 unspecified atom stereocenters. The van der Waals surface area contributed by atoms with Gasteiger partial charge in [-0.1, -0.05) is 18.9 Å². The number of nitriles is 1. The number of carbonyl (C=O) groups is 1. The summed E-state index contributed by atoms with van der Waals surface area (Å²) in [5, 5.41) is 11.2. The number of rotatable bonds is 4. The molecular weight excluding hydrogens is 272 g/mol. The van der Waals surface area contributed by atoms with Crippen LogP contribution in [0.15, 0.2) is 17.5 Å². The van der Waals surface area contributed by atoms with E-state index in [0.717, 1.165) is 11.3 Å². The van der Waals surface area contributed by atoms with Crippen molar-refractivity contribution in [3.8, 4) is 6.07 Å². The quantitative estimate of drug-likeness (QED) is 0.856. The summed E-state index contributed by atoms with van der Waals surface area (Å²) < 4.78 is 5.74. The molecule has 2 heterocycles. The number of thiophene rings is 1. The van der Waals surface area contributed by atoms with Crippen LogP contribution in [0.5, 0.6) is 0 Å². The first kappa shape index (κ1) is 13.6. The zero-order chi connectivity index (χ0) is 13.9. The Labute approximate surface area is 123 Å². The van der Waals surface area contributed by atoms with Crippen molar-refractivity contribution in [2.24, 2.45) is 11.8 Å². The highest BCUT2D eigenvalue weighted by Crippen LogP contribution is 2.36. The van der Waals surface area contributed by atoms with E-state index in [1.165, 1.54) is 12.8 Å². The number of hydrogen-bond acceptors (Lipinski definition) is 4. The van der Waals surface area contributed by atoms with Crippen LogP contribution in [0.4, 0.5) is 0 Å². The van der Waals surface area contributed by atoms with Crippen molar-refractivity contribution < 1.29 is 9.53 Å². The zero-order valence-corrected chi connectivity index (χ0v) is 12.1. The molecule has 2 aliphatic rings. The summed E-state index contributed by atoms with van der Waals surface area (Å²) in [4.78, 5) is 15.4. The van der Waals surface area contributed by atoms with Gasteiger partial charge in [0.05, 0.1) is 19.2 Å². The molecule has 1 saturated heterocycles. The summed E-state index contributed by atoms with van der Waals surface area (Å²) >= 11 is 1.65. The van der Waals surface area contributed by atoms with E-state index < -0.39 is 5.92 Å². The Morgan fingerprint density at radius 2 is 2.45 bits per heavy atom. The third-order valence-electron chi connectivity index (χ3n) is 3.96. The van der Waals surface area contributed by atoms with Crippen molar-refractivity contribution in [2.75, 3.05) is 19.7 Å². The largest absolute Gasteiger partial charge is 0.369 e.